The first-order chi connectivity index (χ1) is 16.9. The molecule has 35 heavy (non-hydrogen) atoms. The summed E-state index contributed by atoms with van der Waals surface area (Å²) < 4.78 is 24.4. The minimum atomic E-state index is -0.601. The number of aryl methyl sites for hydroxylation is 2. The molecule has 0 bridgehead atoms. The summed E-state index contributed by atoms with van der Waals surface area (Å²) in [6.45, 7) is 6.56. The number of hydrogen-bond acceptors (Lipinski definition) is 6. The van der Waals surface area contributed by atoms with E-state index in [-0.39, 0.29) is 5.56 Å². The third-order valence-corrected chi connectivity index (χ3v) is 6.54. The van der Waals surface area contributed by atoms with Gasteiger partial charge in [0.1, 0.15) is 34.0 Å². The molecule has 0 spiro atoms. The molecule has 1 amide bonds. The lowest BCUT2D eigenvalue weighted by atomic mass is 10.0. The van der Waals surface area contributed by atoms with Crippen molar-refractivity contribution in [3.05, 3.63) is 47.8 Å². The third-order valence-electron chi connectivity index (χ3n) is 6.54. The standard InChI is InChI=1S/C25H30FN7O2/c1-5-27-16-6-8-32(9-7-16)20-10-18(26)23(24-17(20)13-31(3)30-24)25(34)29-19-14-33-12-15(2)28-22(33)11-21(19)35-4/h10-14,16,27H,5-9H2,1-4H3,(H,29,34). The summed E-state index contributed by atoms with van der Waals surface area (Å²) in [5.74, 6) is -0.747. The van der Waals surface area contributed by atoms with Crippen LogP contribution in [0.25, 0.3) is 16.6 Å². The summed E-state index contributed by atoms with van der Waals surface area (Å²) in [4.78, 5) is 20.0. The van der Waals surface area contributed by atoms with Gasteiger partial charge < -0.3 is 24.7 Å². The minimum Gasteiger partial charge on any atom is -0.494 e. The second-order valence-electron chi connectivity index (χ2n) is 8.99. The van der Waals surface area contributed by atoms with E-state index >= 15 is 4.39 Å². The van der Waals surface area contributed by atoms with Gasteiger partial charge in [0.15, 0.2) is 0 Å². The highest BCUT2D eigenvalue weighted by Crippen LogP contribution is 2.34. The lowest BCUT2D eigenvalue weighted by Gasteiger charge is -2.34. The van der Waals surface area contributed by atoms with Gasteiger partial charge in [0.05, 0.1) is 18.5 Å². The lowest BCUT2D eigenvalue weighted by Crippen LogP contribution is -2.42. The maximum atomic E-state index is 15.5. The van der Waals surface area contributed by atoms with Crippen molar-refractivity contribution in [2.75, 3.05) is 37.0 Å². The smallest absolute Gasteiger partial charge is 0.261 e. The molecule has 10 heteroatoms. The van der Waals surface area contributed by atoms with Gasteiger partial charge in [0.2, 0.25) is 0 Å². The number of rotatable bonds is 6. The van der Waals surface area contributed by atoms with Crippen LogP contribution < -0.4 is 20.3 Å². The van der Waals surface area contributed by atoms with Gasteiger partial charge in [-0.1, -0.05) is 6.92 Å². The van der Waals surface area contributed by atoms with E-state index in [0.717, 1.165) is 49.2 Å². The molecule has 1 saturated heterocycles. The monoisotopic (exact) mass is 479 g/mol. The molecule has 0 radical (unpaired) electrons. The van der Waals surface area contributed by atoms with E-state index in [2.05, 4.69) is 32.5 Å². The number of methoxy groups -OCH3 is 1. The number of carbonyl (C=O) groups is 1. The number of aromatic nitrogens is 4. The Bertz CT molecular complexity index is 1400. The van der Waals surface area contributed by atoms with Crippen LogP contribution in [0.15, 0.2) is 30.7 Å². The third kappa shape index (κ3) is 4.29. The molecule has 184 valence electrons. The molecule has 0 saturated carbocycles. The molecule has 9 nitrogen and oxygen atoms in total. The van der Waals surface area contributed by atoms with Crippen molar-refractivity contribution in [3.8, 4) is 5.75 Å². The van der Waals surface area contributed by atoms with Crippen molar-refractivity contribution >= 4 is 33.8 Å². The molecule has 1 aromatic carbocycles. The number of imidazole rings is 1. The van der Waals surface area contributed by atoms with Crippen LogP contribution in [-0.2, 0) is 7.05 Å². The second-order valence-corrected chi connectivity index (χ2v) is 8.99. The zero-order valence-electron chi connectivity index (χ0n) is 20.4. The van der Waals surface area contributed by atoms with Gasteiger partial charge in [-0.2, -0.15) is 5.10 Å². The summed E-state index contributed by atoms with van der Waals surface area (Å²) in [5.41, 5.74) is 2.97. The van der Waals surface area contributed by atoms with E-state index in [1.165, 1.54) is 13.2 Å². The van der Waals surface area contributed by atoms with Crippen LogP contribution >= 0.6 is 0 Å². The van der Waals surface area contributed by atoms with Gasteiger partial charge in [-0.05, 0) is 32.4 Å². The van der Waals surface area contributed by atoms with Crippen LogP contribution in [0.5, 0.6) is 5.75 Å². The van der Waals surface area contributed by atoms with Crippen molar-refractivity contribution in [1.29, 1.82) is 0 Å². The Morgan fingerprint density at radius 1 is 1.23 bits per heavy atom. The van der Waals surface area contributed by atoms with Crippen LogP contribution in [0.4, 0.5) is 15.8 Å². The molecule has 2 N–H and O–H groups in total. The van der Waals surface area contributed by atoms with Gasteiger partial charge in [-0.15, -0.1) is 0 Å². The van der Waals surface area contributed by atoms with Crippen LogP contribution in [0, 0.1) is 12.7 Å². The summed E-state index contributed by atoms with van der Waals surface area (Å²) in [7, 11) is 3.29. The lowest BCUT2D eigenvalue weighted by molar-refractivity contribution is 0.102. The Kier molecular flexibility index (Phi) is 6.06. The Balaban J connectivity index is 1.49. The highest BCUT2D eigenvalue weighted by Gasteiger charge is 2.26. The fourth-order valence-corrected chi connectivity index (χ4v) is 4.92. The molecule has 3 aromatic heterocycles. The predicted octanol–water partition coefficient (Wildman–Crippen LogP) is 3.51. The van der Waals surface area contributed by atoms with E-state index < -0.39 is 11.7 Å². The molecular formula is C25H30FN7O2. The molecule has 4 aromatic rings. The highest BCUT2D eigenvalue weighted by atomic mass is 19.1. The molecule has 0 aliphatic carbocycles. The van der Waals surface area contributed by atoms with Crippen molar-refractivity contribution < 1.29 is 13.9 Å². The van der Waals surface area contributed by atoms with Crippen molar-refractivity contribution in [2.24, 2.45) is 7.05 Å². The predicted molar refractivity (Wildman–Crippen MR) is 134 cm³/mol. The zero-order chi connectivity index (χ0) is 24.7. The summed E-state index contributed by atoms with van der Waals surface area (Å²) in [6.07, 6.45) is 7.36. The topological polar surface area (TPSA) is 88.7 Å². The van der Waals surface area contributed by atoms with Crippen LogP contribution in [0.1, 0.15) is 35.8 Å². The van der Waals surface area contributed by atoms with E-state index in [4.69, 9.17) is 4.74 Å². The van der Waals surface area contributed by atoms with Gasteiger partial charge >= 0.3 is 0 Å². The molecule has 5 rings (SSSR count). The normalized spacial score (nSPS) is 14.7. The Morgan fingerprint density at radius 3 is 2.71 bits per heavy atom. The number of nitrogens with one attached hydrogen (secondary N) is 2. The minimum absolute atomic E-state index is 0.0872. The Morgan fingerprint density at radius 2 is 2.00 bits per heavy atom. The second kappa shape index (κ2) is 9.18. The zero-order valence-corrected chi connectivity index (χ0v) is 20.4. The number of amides is 1. The quantitative estimate of drug-likeness (QED) is 0.440. The number of halogens is 1. The molecule has 1 aliphatic rings. The molecule has 1 aliphatic heterocycles. The molecule has 0 unspecified atom stereocenters. The molecule has 4 heterocycles. The van der Waals surface area contributed by atoms with E-state index in [0.29, 0.717) is 28.6 Å². The fraction of sp³-hybridized carbons (Fsp3) is 0.400. The molecular weight excluding hydrogens is 449 g/mol. The summed E-state index contributed by atoms with van der Waals surface area (Å²) in [6, 6.07) is 3.67. The number of hydrogen-bond donors (Lipinski definition) is 2. The van der Waals surface area contributed by atoms with Crippen LogP contribution in [0.3, 0.4) is 0 Å². The van der Waals surface area contributed by atoms with E-state index in [1.54, 1.807) is 28.4 Å². The van der Waals surface area contributed by atoms with Crippen LogP contribution in [-0.4, -0.2) is 57.9 Å². The van der Waals surface area contributed by atoms with E-state index in [9.17, 15) is 4.79 Å². The number of ether oxygens (including phenoxy) is 1. The SMILES string of the molecule is CCNC1CCN(c2cc(F)c(C(=O)Nc3cn4cc(C)nc4cc3OC)c3nn(C)cc23)CC1. The number of benzene rings is 1. The maximum absolute atomic E-state index is 15.5. The first-order valence-electron chi connectivity index (χ1n) is 11.9. The van der Waals surface area contributed by atoms with Gasteiger partial charge in [-0.3, -0.25) is 9.48 Å². The summed E-state index contributed by atoms with van der Waals surface area (Å²) >= 11 is 0. The van der Waals surface area contributed by atoms with Crippen molar-refractivity contribution in [3.63, 3.8) is 0 Å². The average Bonchev–Trinajstić information content (AvgIpc) is 3.39. The first kappa shape index (κ1) is 23.1. The number of pyridine rings is 1. The number of piperidine rings is 1. The maximum Gasteiger partial charge on any atom is 0.261 e. The van der Waals surface area contributed by atoms with Gasteiger partial charge in [0.25, 0.3) is 5.91 Å². The van der Waals surface area contributed by atoms with Gasteiger partial charge in [-0.25, -0.2) is 9.37 Å². The average molecular weight is 480 g/mol. The molecule has 0 atom stereocenters. The van der Waals surface area contributed by atoms with Crippen molar-refractivity contribution in [2.45, 2.75) is 32.7 Å². The fourth-order valence-electron chi connectivity index (χ4n) is 4.92. The number of fused-ring (bicyclic) bond motifs is 2. The highest BCUT2D eigenvalue weighted by molar-refractivity contribution is 6.14. The number of nitrogens with zero attached hydrogens (tertiary/aromatic N) is 5. The van der Waals surface area contributed by atoms with Crippen LogP contribution in [0.2, 0.25) is 0 Å². The number of carbonyl (C=O) groups excluding carboxylic acids is 1. The summed E-state index contributed by atoms with van der Waals surface area (Å²) in [5, 5.41) is 11.5. The Labute approximate surface area is 202 Å². The number of anilines is 2. The van der Waals surface area contributed by atoms with Gasteiger partial charge in [0, 0.05) is 56.2 Å². The Hall–Kier alpha value is -3.66. The van der Waals surface area contributed by atoms with E-state index in [1.807, 2.05) is 19.3 Å². The first-order valence-corrected chi connectivity index (χ1v) is 11.9. The van der Waals surface area contributed by atoms with Crippen molar-refractivity contribution in [1.82, 2.24) is 24.5 Å². The molecule has 1 fully saturated rings. The largest absolute Gasteiger partial charge is 0.494 e.